The maximum atomic E-state index is 12.5. The molecule has 3 nitrogen and oxygen atoms in total. The van der Waals surface area contributed by atoms with Crippen LogP contribution in [0.3, 0.4) is 0 Å². The lowest BCUT2D eigenvalue weighted by atomic mass is 9.97. The SMILES string of the molecule is C=C(C(=O)c1ccc(C=CC(=O)OC(C)(C)C)cc1)c1ccccc1. The highest BCUT2D eigenvalue weighted by Gasteiger charge is 2.14. The molecule has 2 aromatic carbocycles. The predicted octanol–water partition coefficient (Wildman–Crippen LogP) is 4.94. The molecule has 3 heteroatoms. The van der Waals surface area contributed by atoms with Crippen LogP contribution < -0.4 is 0 Å². The highest BCUT2D eigenvalue weighted by molar-refractivity contribution is 6.28. The molecule has 0 saturated heterocycles. The van der Waals surface area contributed by atoms with Crippen molar-refractivity contribution in [2.75, 3.05) is 0 Å². The van der Waals surface area contributed by atoms with E-state index in [0.717, 1.165) is 11.1 Å². The Morgan fingerprint density at radius 3 is 2.08 bits per heavy atom. The first-order chi connectivity index (χ1) is 11.8. The zero-order valence-corrected chi connectivity index (χ0v) is 14.8. The van der Waals surface area contributed by atoms with Crippen molar-refractivity contribution < 1.29 is 14.3 Å². The fourth-order valence-corrected chi connectivity index (χ4v) is 2.19. The molecule has 0 unspecified atom stereocenters. The Labute approximate surface area is 148 Å². The van der Waals surface area contributed by atoms with Gasteiger partial charge in [0.2, 0.25) is 0 Å². The minimum atomic E-state index is -0.518. The molecule has 0 amide bonds. The predicted molar refractivity (Wildman–Crippen MR) is 101 cm³/mol. The second-order valence-corrected chi connectivity index (χ2v) is 6.66. The number of esters is 1. The lowest BCUT2D eigenvalue weighted by Crippen LogP contribution is -2.22. The van der Waals surface area contributed by atoms with Crippen LogP contribution in [0.25, 0.3) is 11.6 Å². The van der Waals surface area contributed by atoms with Crippen molar-refractivity contribution in [2.45, 2.75) is 26.4 Å². The van der Waals surface area contributed by atoms with Gasteiger partial charge in [-0.3, -0.25) is 4.79 Å². The number of ether oxygens (including phenoxy) is 1. The number of carbonyl (C=O) groups is 2. The number of Topliss-reactive ketones (excluding diaryl/α,β-unsaturated/α-hetero) is 1. The molecule has 0 aromatic heterocycles. The Kier molecular flexibility index (Phi) is 5.71. The molecule has 0 saturated carbocycles. The van der Waals surface area contributed by atoms with Gasteiger partial charge in [0, 0.05) is 17.2 Å². The quantitative estimate of drug-likeness (QED) is 0.442. The summed E-state index contributed by atoms with van der Waals surface area (Å²) in [6.45, 7) is 9.35. The molecule has 0 N–H and O–H groups in total. The largest absolute Gasteiger partial charge is 0.457 e. The van der Waals surface area contributed by atoms with Crippen molar-refractivity contribution >= 4 is 23.4 Å². The van der Waals surface area contributed by atoms with Gasteiger partial charge in [-0.15, -0.1) is 0 Å². The summed E-state index contributed by atoms with van der Waals surface area (Å²) < 4.78 is 5.21. The van der Waals surface area contributed by atoms with E-state index >= 15 is 0 Å². The van der Waals surface area contributed by atoms with Gasteiger partial charge < -0.3 is 4.74 Å². The molecular weight excluding hydrogens is 312 g/mol. The third-order valence-electron chi connectivity index (χ3n) is 3.39. The van der Waals surface area contributed by atoms with Gasteiger partial charge in [-0.05, 0) is 38.0 Å². The van der Waals surface area contributed by atoms with Gasteiger partial charge in [-0.2, -0.15) is 0 Å². The van der Waals surface area contributed by atoms with E-state index in [-0.39, 0.29) is 5.78 Å². The van der Waals surface area contributed by atoms with E-state index in [4.69, 9.17) is 4.74 Å². The van der Waals surface area contributed by atoms with E-state index in [1.807, 2.05) is 51.1 Å². The van der Waals surface area contributed by atoms with Crippen molar-refractivity contribution in [3.63, 3.8) is 0 Å². The molecule has 0 atom stereocenters. The summed E-state index contributed by atoms with van der Waals surface area (Å²) in [5, 5.41) is 0. The molecule has 0 heterocycles. The lowest BCUT2D eigenvalue weighted by molar-refractivity contribution is -0.148. The second kappa shape index (κ2) is 7.75. The molecule has 0 aliphatic heterocycles. The molecule has 0 bridgehead atoms. The molecule has 25 heavy (non-hydrogen) atoms. The van der Waals surface area contributed by atoms with Crippen molar-refractivity contribution in [3.8, 4) is 0 Å². The van der Waals surface area contributed by atoms with Crippen molar-refractivity contribution in [1.82, 2.24) is 0 Å². The van der Waals surface area contributed by atoms with Crippen molar-refractivity contribution in [3.05, 3.63) is 83.9 Å². The van der Waals surface area contributed by atoms with Gasteiger partial charge in [0.15, 0.2) is 5.78 Å². The van der Waals surface area contributed by atoms with Crippen LogP contribution in [0.2, 0.25) is 0 Å². The van der Waals surface area contributed by atoms with Crippen LogP contribution in [0.5, 0.6) is 0 Å². The second-order valence-electron chi connectivity index (χ2n) is 6.66. The van der Waals surface area contributed by atoms with Crippen LogP contribution in [0, 0.1) is 0 Å². The van der Waals surface area contributed by atoms with E-state index in [2.05, 4.69) is 6.58 Å². The van der Waals surface area contributed by atoms with Crippen LogP contribution in [0.4, 0.5) is 0 Å². The maximum absolute atomic E-state index is 12.5. The minimum absolute atomic E-state index is 0.117. The van der Waals surface area contributed by atoms with Crippen molar-refractivity contribution in [2.24, 2.45) is 0 Å². The first-order valence-electron chi connectivity index (χ1n) is 8.06. The summed E-state index contributed by atoms with van der Waals surface area (Å²) in [6, 6.07) is 16.4. The number of rotatable bonds is 5. The fraction of sp³-hybridized carbons (Fsp3) is 0.182. The Bertz CT molecular complexity index is 791. The normalized spacial score (nSPS) is 11.3. The van der Waals surface area contributed by atoms with Crippen molar-refractivity contribution in [1.29, 1.82) is 0 Å². The highest BCUT2D eigenvalue weighted by Crippen LogP contribution is 2.18. The van der Waals surface area contributed by atoms with Gasteiger partial charge in [0.05, 0.1) is 0 Å². The topological polar surface area (TPSA) is 43.4 Å². The smallest absolute Gasteiger partial charge is 0.331 e. The molecule has 128 valence electrons. The van der Waals surface area contributed by atoms with E-state index in [9.17, 15) is 9.59 Å². The molecule has 2 rings (SSSR count). The molecular formula is C22H22O3. The fourth-order valence-electron chi connectivity index (χ4n) is 2.19. The summed E-state index contributed by atoms with van der Waals surface area (Å²) in [5.74, 6) is -0.515. The third kappa shape index (κ3) is 5.57. The number of hydrogen-bond donors (Lipinski definition) is 0. The Hall–Kier alpha value is -2.94. The monoisotopic (exact) mass is 334 g/mol. The molecule has 0 aliphatic carbocycles. The maximum Gasteiger partial charge on any atom is 0.331 e. The number of allylic oxidation sites excluding steroid dienone is 1. The first-order valence-corrected chi connectivity index (χ1v) is 8.06. The number of ketones is 1. The van der Waals surface area contributed by atoms with Gasteiger partial charge in [0.1, 0.15) is 5.60 Å². The molecule has 0 aliphatic rings. The summed E-state index contributed by atoms with van der Waals surface area (Å²) in [7, 11) is 0. The van der Waals surface area contributed by atoms with Crippen LogP contribution in [-0.4, -0.2) is 17.4 Å². The molecule has 0 spiro atoms. The van der Waals surface area contributed by atoms with Gasteiger partial charge in [0.25, 0.3) is 0 Å². The molecule has 0 fully saturated rings. The van der Waals surface area contributed by atoms with Gasteiger partial charge in [-0.25, -0.2) is 4.79 Å². The third-order valence-corrected chi connectivity index (χ3v) is 3.39. The molecule has 0 radical (unpaired) electrons. The Morgan fingerprint density at radius 1 is 0.920 bits per heavy atom. The summed E-state index contributed by atoms with van der Waals surface area (Å²) >= 11 is 0. The zero-order valence-electron chi connectivity index (χ0n) is 14.8. The van der Waals surface area contributed by atoms with E-state index in [1.54, 1.807) is 30.3 Å². The Balaban J connectivity index is 2.06. The van der Waals surface area contributed by atoms with Crippen LogP contribution in [0.15, 0.2) is 67.3 Å². The van der Waals surface area contributed by atoms with Crippen LogP contribution >= 0.6 is 0 Å². The Morgan fingerprint density at radius 2 is 1.52 bits per heavy atom. The minimum Gasteiger partial charge on any atom is -0.457 e. The average Bonchev–Trinajstić information content (AvgIpc) is 2.58. The average molecular weight is 334 g/mol. The summed E-state index contributed by atoms with van der Waals surface area (Å²) in [5.41, 5.74) is 2.12. The highest BCUT2D eigenvalue weighted by atomic mass is 16.6. The number of benzene rings is 2. The standard InChI is InChI=1S/C22H22O3/c1-16(18-8-6-5-7-9-18)21(24)19-13-10-17(11-14-19)12-15-20(23)25-22(2,3)4/h5-15H,1H2,2-4H3. The van der Waals surface area contributed by atoms with Crippen LogP contribution in [0.1, 0.15) is 42.3 Å². The molecule has 2 aromatic rings. The van der Waals surface area contributed by atoms with E-state index < -0.39 is 11.6 Å². The van der Waals surface area contributed by atoms with Gasteiger partial charge in [-0.1, -0.05) is 61.2 Å². The first kappa shape index (κ1) is 18.4. The summed E-state index contributed by atoms with van der Waals surface area (Å²) in [4.78, 5) is 24.2. The lowest BCUT2D eigenvalue weighted by Gasteiger charge is -2.17. The van der Waals surface area contributed by atoms with Gasteiger partial charge >= 0.3 is 5.97 Å². The number of hydrogen-bond acceptors (Lipinski definition) is 3. The summed E-state index contributed by atoms with van der Waals surface area (Å²) in [6.07, 6.45) is 3.04. The van der Waals surface area contributed by atoms with E-state index in [1.165, 1.54) is 6.08 Å². The van der Waals surface area contributed by atoms with Crippen LogP contribution in [-0.2, 0) is 9.53 Å². The zero-order chi connectivity index (χ0) is 18.4. The van der Waals surface area contributed by atoms with E-state index in [0.29, 0.717) is 11.1 Å². The number of carbonyl (C=O) groups excluding carboxylic acids is 2.